The summed E-state index contributed by atoms with van der Waals surface area (Å²) < 4.78 is 5.00. The van der Waals surface area contributed by atoms with E-state index in [1.165, 1.54) is 16.7 Å². The maximum absolute atomic E-state index is 11.1. The largest absolute Gasteiger partial charge is 0.417 e. The summed E-state index contributed by atoms with van der Waals surface area (Å²) >= 11 is 0. The zero-order valence-corrected chi connectivity index (χ0v) is 10.3. The highest BCUT2D eigenvalue weighted by Crippen LogP contribution is 2.26. The number of hydrogen-bond donors (Lipinski definition) is 1. The zero-order chi connectivity index (χ0) is 12.7. The third-order valence-electron chi connectivity index (χ3n) is 3.11. The summed E-state index contributed by atoms with van der Waals surface area (Å²) in [5.41, 5.74) is 6.04. The monoisotopic (exact) mass is 239 g/mol. The van der Waals surface area contributed by atoms with Crippen molar-refractivity contribution in [3.8, 4) is 11.1 Å². The lowest BCUT2D eigenvalue weighted by Crippen LogP contribution is -1.92. The van der Waals surface area contributed by atoms with E-state index in [1.54, 1.807) is 0 Å². The summed E-state index contributed by atoms with van der Waals surface area (Å²) in [5, 5.41) is 0. The number of aromatic nitrogens is 1. The second kappa shape index (κ2) is 3.88. The molecule has 0 unspecified atom stereocenters. The summed E-state index contributed by atoms with van der Waals surface area (Å²) in [5.74, 6) is -0.414. The minimum Gasteiger partial charge on any atom is -0.408 e. The van der Waals surface area contributed by atoms with Gasteiger partial charge in [0.25, 0.3) is 0 Å². The Morgan fingerprint density at radius 1 is 1.06 bits per heavy atom. The standard InChI is InChI=1S/C15H13NO2/c1-9-3-5-12(10(2)7-9)11-4-6-14-13(8-11)16-15(17)18-14/h3-8H,1-2H3,(H,16,17). The van der Waals surface area contributed by atoms with Crippen molar-refractivity contribution >= 4 is 11.1 Å². The van der Waals surface area contributed by atoms with Crippen molar-refractivity contribution in [2.75, 3.05) is 0 Å². The van der Waals surface area contributed by atoms with Gasteiger partial charge in [0.1, 0.15) is 0 Å². The molecule has 3 nitrogen and oxygen atoms in total. The number of fused-ring (bicyclic) bond motifs is 1. The summed E-state index contributed by atoms with van der Waals surface area (Å²) in [6.07, 6.45) is 0. The van der Waals surface area contributed by atoms with E-state index in [2.05, 4.69) is 37.0 Å². The second-order valence-electron chi connectivity index (χ2n) is 4.54. The van der Waals surface area contributed by atoms with Crippen molar-refractivity contribution in [3.05, 3.63) is 58.1 Å². The van der Waals surface area contributed by atoms with Crippen LogP contribution in [0.5, 0.6) is 0 Å². The van der Waals surface area contributed by atoms with E-state index >= 15 is 0 Å². The molecule has 0 aliphatic carbocycles. The molecule has 0 radical (unpaired) electrons. The molecule has 0 bridgehead atoms. The number of aromatic amines is 1. The van der Waals surface area contributed by atoms with Crippen LogP contribution in [0, 0.1) is 13.8 Å². The Morgan fingerprint density at radius 3 is 2.67 bits per heavy atom. The number of hydrogen-bond acceptors (Lipinski definition) is 2. The van der Waals surface area contributed by atoms with Crippen molar-refractivity contribution in [1.82, 2.24) is 4.98 Å². The first-order chi connectivity index (χ1) is 8.63. The first-order valence-electron chi connectivity index (χ1n) is 5.84. The third-order valence-corrected chi connectivity index (χ3v) is 3.11. The van der Waals surface area contributed by atoms with Crippen LogP contribution in [0.3, 0.4) is 0 Å². The molecule has 3 rings (SSSR count). The lowest BCUT2D eigenvalue weighted by molar-refractivity contribution is 0.555. The lowest BCUT2D eigenvalue weighted by Gasteiger charge is -2.06. The Hall–Kier alpha value is -2.29. The molecular formula is C15H13NO2. The SMILES string of the molecule is Cc1ccc(-c2ccc3oc(=O)[nH]c3c2)c(C)c1. The maximum atomic E-state index is 11.1. The van der Waals surface area contributed by atoms with Crippen LogP contribution in [0.1, 0.15) is 11.1 Å². The molecule has 0 amide bonds. The summed E-state index contributed by atoms with van der Waals surface area (Å²) in [4.78, 5) is 13.8. The van der Waals surface area contributed by atoms with Gasteiger partial charge in [-0.1, -0.05) is 29.8 Å². The van der Waals surface area contributed by atoms with Crippen LogP contribution in [0.25, 0.3) is 22.2 Å². The Bertz CT molecular complexity index is 781. The van der Waals surface area contributed by atoms with E-state index in [0.29, 0.717) is 5.58 Å². The molecule has 0 saturated heterocycles. The zero-order valence-electron chi connectivity index (χ0n) is 10.3. The van der Waals surface area contributed by atoms with Crippen molar-refractivity contribution in [2.24, 2.45) is 0 Å². The molecule has 90 valence electrons. The van der Waals surface area contributed by atoms with Gasteiger partial charge in [0.05, 0.1) is 5.52 Å². The van der Waals surface area contributed by atoms with E-state index in [4.69, 9.17) is 4.42 Å². The maximum Gasteiger partial charge on any atom is 0.417 e. The minimum absolute atomic E-state index is 0.414. The quantitative estimate of drug-likeness (QED) is 0.707. The van der Waals surface area contributed by atoms with E-state index in [-0.39, 0.29) is 0 Å². The molecule has 2 aromatic carbocycles. The molecule has 1 aromatic heterocycles. The fraction of sp³-hybridized carbons (Fsp3) is 0.133. The minimum atomic E-state index is -0.414. The first kappa shape index (κ1) is 10.8. The van der Waals surface area contributed by atoms with E-state index < -0.39 is 5.76 Å². The number of H-pyrrole nitrogens is 1. The van der Waals surface area contributed by atoms with Crippen molar-refractivity contribution in [2.45, 2.75) is 13.8 Å². The molecule has 3 aromatic rings. The molecular weight excluding hydrogens is 226 g/mol. The van der Waals surface area contributed by atoms with Gasteiger partial charge in [-0.05, 0) is 42.7 Å². The summed E-state index contributed by atoms with van der Waals surface area (Å²) in [7, 11) is 0. The molecule has 0 aliphatic rings. The highest BCUT2D eigenvalue weighted by Gasteiger charge is 2.06. The first-order valence-corrected chi connectivity index (χ1v) is 5.84. The molecule has 18 heavy (non-hydrogen) atoms. The Kier molecular flexibility index (Phi) is 2.33. The molecule has 0 saturated carbocycles. The molecule has 0 fully saturated rings. The van der Waals surface area contributed by atoms with Crippen molar-refractivity contribution < 1.29 is 4.42 Å². The van der Waals surface area contributed by atoms with Gasteiger partial charge in [-0.3, -0.25) is 4.98 Å². The van der Waals surface area contributed by atoms with Crippen LogP contribution in [0.2, 0.25) is 0 Å². The van der Waals surface area contributed by atoms with Crippen molar-refractivity contribution in [1.29, 1.82) is 0 Å². The Morgan fingerprint density at radius 2 is 1.89 bits per heavy atom. The van der Waals surface area contributed by atoms with Crippen LogP contribution in [-0.4, -0.2) is 4.98 Å². The fourth-order valence-corrected chi connectivity index (χ4v) is 2.26. The van der Waals surface area contributed by atoms with Gasteiger partial charge in [0, 0.05) is 0 Å². The molecule has 0 spiro atoms. The lowest BCUT2D eigenvalue weighted by atomic mass is 9.98. The predicted octanol–water partition coefficient (Wildman–Crippen LogP) is 3.40. The van der Waals surface area contributed by atoms with E-state index in [0.717, 1.165) is 11.1 Å². The number of rotatable bonds is 1. The number of aryl methyl sites for hydroxylation is 2. The van der Waals surface area contributed by atoms with Gasteiger partial charge < -0.3 is 4.42 Å². The summed E-state index contributed by atoms with van der Waals surface area (Å²) in [6.45, 7) is 4.16. The third kappa shape index (κ3) is 1.74. The van der Waals surface area contributed by atoms with Crippen molar-refractivity contribution in [3.63, 3.8) is 0 Å². The number of benzene rings is 2. The fourth-order valence-electron chi connectivity index (χ4n) is 2.26. The van der Waals surface area contributed by atoms with Crippen LogP contribution in [0.15, 0.2) is 45.6 Å². The Balaban J connectivity index is 2.21. The number of oxazole rings is 1. The van der Waals surface area contributed by atoms with Gasteiger partial charge >= 0.3 is 5.76 Å². The van der Waals surface area contributed by atoms with Crippen LogP contribution in [-0.2, 0) is 0 Å². The predicted molar refractivity (Wildman–Crippen MR) is 71.7 cm³/mol. The van der Waals surface area contributed by atoms with Gasteiger partial charge in [-0.25, -0.2) is 4.79 Å². The number of nitrogens with one attached hydrogen (secondary N) is 1. The highest BCUT2D eigenvalue weighted by molar-refractivity contribution is 5.81. The van der Waals surface area contributed by atoms with Gasteiger partial charge in [0.2, 0.25) is 0 Å². The van der Waals surface area contributed by atoms with E-state index in [1.807, 2.05) is 18.2 Å². The van der Waals surface area contributed by atoms with Crippen LogP contribution >= 0.6 is 0 Å². The van der Waals surface area contributed by atoms with Gasteiger partial charge in [-0.2, -0.15) is 0 Å². The average Bonchev–Trinajstić information content (AvgIpc) is 2.68. The normalized spacial score (nSPS) is 11.0. The topological polar surface area (TPSA) is 46.0 Å². The average molecular weight is 239 g/mol. The van der Waals surface area contributed by atoms with Crippen LogP contribution < -0.4 is 5.76 Å². The Labute approximate surface area is 104 Å². The van der Waals surface area contributed by atoms with Gasteiger partial charge in [0.15, 0.2) is 5.58 Å². The molecule has 1 N–H and O–H groups in total. The molecule has 1 heterocycles. The second-order valence-corrected chi connectivity index (χ2v) is 4.54. The molecule has 0 atom stereocenters. The van der Waals surface area contributed by atoms with Crippen LogP contribution in [0.4, 0.5) is 0 Å². The smallest absolute Gasteiger partial charge is 0.408 e. The highest BCUT2D eigenvalue weighted by atomic mass is 16.4. The molecule has 3 heteroatoms. The van der Waals surface area contributed by atoms with Gasteiger partial charge in [-0.15, -0.1) is 0 Å². The molecule has 0 aliphatic heterocycles. The van der Waals surface area contributed by atoms with E-state index in [9.17, 15) is 4.79 Å². The summed E-state index contributed by atoms with van der Waals surface area (Å²) in [6, 6.07) is 12.1.